The molecule has 1 fully saturated rings. The fraction of sp³-hybridized carbons (Fsp3) is 0.600. The van der Waals surface area contributed by atoms with Gasteiger partial charge in [-0.15, -0.1) is 11.3 Å². The quantitative estimate of drug-likeness (QED) is 0.870. The van der Waals surface area contributed by atoms with Crippen molar-refractivity contribution in [3.05, 3.63) is 19.2 Å². The van der Waals surface area contributed by atoms with Gasteiger partial charge in [-0.1, -0.05) is 0 Å². The smallest absolute Gasteiger partial charge is 0.0902 e. The van der Waals surface area contributed by atoms with Crippen molar-refractivity contribution in [1.82, 2.24) is 4.90 Å². The molecule has 0 aliphatic carbocycles. The van der Waals surface area contributed by atoms with Gasteiger partial charge in [0.15, 0.2) is 0 Å². The molecule has 0 bridgehead atoms. The van der Waals surface area contributed by atoms with Crippen molar-refractivity contribution in [2.45, 2.75) is 12.1 Å². The van der Waals surface area contributed by atoms with E-state index in [2.05, 4.69) is 49.9 Å². The van der Waals surface area contributed by atoms with Crippen LogP contribution in [-0.4, -0.2) is 37.7 Å². The van der Waals surface area contributed by atoms with Crippen LogP contribution in [0.5, 0.6) is 0 Å². The number of nitrogens with two attached hydrogens (primary N) is 1. The molecule has 90 valence electrons. The molecule has 0 saturated carbocycles. The topological polar surface area (TPSA) is 38.5 Å². The zero-order valence-electron chi connectivity index (χ0n) is 8.95. The molecule has 1 saturated heterocycles. The predicted octanol–water partition coefficient (Wildman–Crippen LogP) is 2.60. The minimum atomic E-state index is 0.0937. The minimum Gasteiger partial charge on any atom is -0.374 e. The highest BCUT2D eigenvalue weighted by molar-refractivity contribution is 9.13. The Bertz CT molecular complexity index is 352. The summed E-state index contributed by atoms with van der Waals surface area (Å²) in [4.78, 5) is 3.60. The van der Waals surface area contributed by atoms with Crippen LogP contribution in [0.2, 0.25) is 0 Å². The van der Waals surface area contributed by atoms with Gasteiger partial charge in [0.2, 0.25) is 0 Å². The number of rotatable bonds is 2. The second-order valence-corrected chi connectivity index (χ2v) is 7.10. The maximum absolute atomic E-state index is 5.77. The number of hydrogen-bond acceptors (Lipinski definition) is 4. The Labute approximate surface area is 116 Å². The normalized spacial score (nSPS) is 27.2. The lowest BCUT2D eigenvalue weighted by molar-refractivity contribution is -0.0564. The van der Waals surface area contributed by atoms with Gasteiger partial charge in [0, 0.05) is 22.4 Å². The summed E-state index contributed by atoms with van der Waals surface area (Å²) in [5, 5.41) is 0. The van der Waals surface area contributed by atoms with E-state index in [0.717, 1.165) is 21.4 Å². The van der Waals surface area contributed by atoms with Crippen LogP contribution in [0.4, 0.5) is 0 Å². The minimum absolute atomic E-state index is 0.0937. The average molecular weight is 370 g/mol. The van der Waals surface area contributed by atoms with Crippen LogP contribution in [0.3, 0.4) is 0 Å². The molecular weight excluding hydrogens is 356 g/mol. The van der Waals surface area contributed by atoms with Crippen molar-refractivity contribution >= 4 is 43.2 Å². The Morgan fingerprint density at radius 1 is 1.62 bits per heavy atom. The second kappa shape index (κ2) is 5.46. The van der Waals surface area contributed by atoms with E-state index in [1.54, 1.807) is 11.3 Å². The summed E-state index contributed by atoms with van der Waals surface area (Å²) < 4.78 is 7.94. The molecule has 1 aliphatic rings. The number of halogens is 2. The zero-order chi connectivity index (χ0) is 11.7. The Balaban J connectivity index is 2.27. The summed E-state index contributed by atoms with van der Waals surface area (Å²) in [5.74, 6) is 0. The molecule has 16 heavy (non-hydrogen) atoms. The monoisotopic (exact) mass is 368 g/mol. The van der Waals surface area contributed by atoms with Crippen LogP contribution in [0, 0.1) is 0 Å². The molecule has 2 heterocycles. The number of nitrogens with zero attached hydrogens (tertiary/aromatic N) is 1. The first kappa shape index (κ1) is 13.0. The average Bonchev–Trinajstić information content (AvgIpc) is 2.58. The van der Waals surface area contributed by atoms with Crippen LogP contribution in [0.15, 0.2) is 14.3 Å². The van der Waals surface area contributed by atoms with Gasteiger partial charge in [-0.3, -0.25) is 4.90 Å². The largest absolute Gasteiger partial charge is 0.374 e. The molecule has 2 unspecified atom stereocenters. The standard InChI is InChI=1S/C10H14Br2N2OS/c1-14-2-3-15-7(5-13)9(14)8-4-6(11)10(12)16-8/h4,7,9H,2-3,5,13H2,1H3. The molecule has 2 rings (SSSR count). The summed E-state index contributed by atoms with van der Waals surface area (Å²) >= 11 is 8.78. The number of ether oxygens (including phenoxy) is 1. The highest BCUT2D eigenvalue weighted by Crippen LogP contribution is 2.39. The molecule has 2 N–H and O–H groups in total. The van der Waals surface area contributed by atoms with Crippen LogP contribution >= 0.6 is 43.2 Å². The number of likely N-dealkylation sites (N-methyl/N-ethyl adjacent to an activating group) is 1. The van der Waals surface area contributed by atoms with Gasteiger partial charge in [-0.2, -0.15) is 0 Å². The first-order chi connectivity index (χ1) is 7.63. The van der Waals surface area contributed by atoms with E-state index in [-0.39, 0.29) is 12.1 Å². The van der Waals surface area contributed by atoms with Crippen molar-refractivity contribution in [2.24, 2.45) is 5.73 Å². The van der Waals surface area contributed by atoms with Crippen LogP contribution in [0.25, 0.3) is 0 Å². The highest BCUT2D eigenvalue weighted by Gasteiger charge is 2.32. The SMILES string of the molecule is CN1CCOC(CN)C1c1cc(Br)c(Br)s1. The van der Waals surface area contributed by atoms with Gasteiger partial charge in [0.1, 0.15) is 0 Å². The summed E-state index contributed by atoms with van der Waals surface area (Å²) in [6.07, 6.45) is 0.0937. The third-order valence-corrected chi connectivity index (χ3v) is 6.12. The molecule has 0 amide bonds. The molecule has 2 atom stereocenters. The molecule has 3 nitrogen and oxygen atoms in total. The highest BCUT2D eigenvalue weighted by atomic mass is 79.9. The van der Waals surface area contributed by atoms with Gasteiger partial charge in [0.25, 0.3) is 0 Å². The Morgan fingerprint density at radius 2 is 2.38 bits per heavy atom. The Morgan fingerprint density at radius 3 is 2.94 bits per heavy atom. The summed E-state index contributed by atoms with van der Waals surface area (Å²) in [7, 11) is 2.12. The first-order valence-electron chi connectivity index (χ1n) is 5.10. The summed E-state index contributed by atoms with van der Waals surface area (Å²) in [6, 6.07) is 2.42. The molecule has 1 aromatic heterocycles. The molecule has 6 heteroatoms. The van der Waals surface area contributed by atoms with Gasteiger partial charge < -0.3 is 10.5 Å². The number of morpholine rings is 1. The molecule has 1 aromatic rings. The van der Waals surface area contributed by atoms with E-state index in [0.29, 0.717) is 6.54 Å². The molecule has 0 aromatic carbocycles. The van der Waals surface area contributed by atoms with E-state index in [1.807, 2.05) is 0 Å². The van der Waals surface area contributed by atoms with Gasteiger partial charge in [-0.25, -0.2) is 0 Å². The van der Waals surface area contributed by atoms with E-state index >= 15 is 0 Å². The van der Waals surface area contributed by atoms with Crippen molar-refractivity contribution in [1.29, 1.82) is 0 Å². The Kier molecular flexibility index (Phi) is 4.43. The van der Waals surface area contributed by atoms with Gasteiger partial charge in [-0.05, 0) is 45.0 Å². The third-order valence-electron chi connectivity index (χ3n) is 2.79. The van der Waals surface area contributed by atoms with Gasteiger partial charge >= 0.3 is 0 Å². The van der Waals surface area contributed by atoms with Crippen molar-refractivity contribution in [3.63, 3.8) is 0 Å². The maximum Gasteiger partial charge on any atom is 0.0902 e. The Hall–Kier alpha value is 0.540. The van der Waals surface area contributed by atoms with E-state index < -0.39 is 0 Å². The predicted molar refractivity (Wildman–Crippen MR) is 73.9 cm³/mol. The van der Waals surface area contributed by atoms with Crippen LogP contribution in [-0.2, 0) is 4.74 Å². The molecule has 0 radical (unpaired) electrons. The van der Waals surface area contributed by atoms with Crippen LogP contribution in [0.1, 0.15) is 10.9 Å². The summed E-state index contributed by atoms with van der Waals surface area (Å²) in [6.45, 7) is 2.28. The lowest BCUT2D eigenvalue weighted by Gasteiger charge is -2.38. The van der Waals surface area contributed by atoms with Gasteiger partial charge in [0.05, 0.1) is 22.5 Å². The summed E-state index contributed by atoms with van der Waals surface area (Å²) in [5.41, 5.74) is 5.77. The fourth-order valence-electron chi connectivity index (χ4n) is 1.97. The molecule has 1 aliphatic heterocycles. The maximum atomic E-state index is 5.77. The fourth-order valence-corrected chi connectivity index (χ4v) is 4.28. The third kappa shape index (κ3) is 2.52. The van der Waals surface area contributed by atoms with Crippen molar-refractivity contribution in [2.75, 3.05) is 26.7 Å². The van der Waals surface area contributed by atoms with Crippen molar-refractivity contribution < 1.29 is 4.74 Å². The molecular formula is C10H14Br2N2OS. The van der Waals surface area contributed by atoms with E-state index in [4.69, 9.17) is 10.5 Å². The van der Waals surface area contributed by atoms with E-state index in [9.17, 15) is 0 Å². The first-order valence-corrected chi connectivity index (χ1v) is 7.50. The lowest BCUT2D eigenvalue weighted by Crippen LogP contribution is -2.46. The zero-order valence-corrected chi connectivity index (χ0v) is 12.9. The van der Waals surface area contributed by atoms with E-state index in [1.165, 1.54) is 4.88 Å². The number of hydrogen-bond donors (Lipinski definition) is 1. The molecule has 0 spiro atoms. The second-order valence-electron chi connectivity index (χ2n) is 3.84. The lowest BCUT2D eigenvalue weighted by atomic mass is 10.1. The van der Waals surface area contributed by atoms with Crippen LogP contribution < -0.4 is 5.73 Å². The van der Waals surface area contributed by atoms with Crippen molar-refractivity contribution in [3.8, 4) is 0 Å². The number of thiophene rings is 1.